The van der Waals surface area contributed by atoms with Gasteiger partial charge < -0.3 is 15.3 Å². The number of amides is 1. The largest absolute Gasteiger partial charge is 0.480 e. The van der Waals surface area contributed by atoms with Crippen LogP contribution in [0.1, 0.15) is 12.8 Å². The molecule has 0 saturated carbocycles. The molecule has 1 aliphatic heterocycles. The van der Waals surface area contributed by atoms with Crippen molar-refractivity contribution in [2.45, 2.75) is 24.9 Å². The van der Waals surface area contributed by atoms with E-state index in [-0.39, 0.29) is 6.04 Å². The molecule has 1 atom stereocenters. The monoisotopic (exact) mass is 229 g/mol. The number of carboxylic acid groups (broad SMARTS) is 1. The van der Waals surface area contributed by atoms with Crippen molar-refractivity contribution in [3.05, 3.63) is 0 Å². The number of carbonyl (C=O) groups is 2. The minimum absolute atomic E-state index is 0.0962. The summed E-state index contributed by atoms with van der Waals surface area (Å²) in [6, 6.07) is -1.06. The van der Waals surface area contributed by atoms with Crippen molar-refractivity contribution in [3.8, 4) is 0 Å². The Balaban J connectivity index is 2.41. The summed E-state index contributed by atoms with van der Waals surface area (Å²) < 4.78 is 0. The summed E-state index contributed by atoms with van der Waals surface area (Å²) in [5.41, 5.74) is 0. The van der Waals surface area contributed by atoms with Crippen LogP contribution in [0.2, 0.25) is 0 Å². The third-order valence-corrected chi connectivity index (χ3v) is 2.86. The zero-order valence-corrected chi connectivity index (χ0v) is 9.69. The number of likely N-dealkylation sites (N-methyl/N-ethyl adjacent to an activating group) is 1. The molecule has 6 heteroatoms. The van der Waals surface area contributed by atoms with E-state index in [1.807, 2.05) is 7.05 Å². The lowest BCUT2D eigenvalue weighted by molar-refractivity contribution is -0.144. The number of rotatable bonds is 4. The van der Waals surface area contributed by atoms with Crippen molar-refractivity contribution in [1.29, 1.82) is 0 Å². The number of piperidine rings is 1. The van der Waals surface area contributed by atoms with Crippen LogP contribution in [0.5, 0.6) is 0 Å². The van der Waals surface area contributed by atoms with E-state index in [9.17, 15) is 9.59 Å². The molecule has 0 radical (unpaired) electrons. The zero-order chi connectivity index (χ0) is 12.1. The van der Waals surface area contributed by atoms with Crippen LogP contribution in [0.15, 0.2) is 0 Å². The lowest BCUT2D eigenvalue weighted by atomic mass is 10.1. The molecule has 6 nitrogen and oxygen atoms in total. The predicted octanol–water partition coefficient (Wildman–Crippen LogP) is -1.13. The van der Waals surface area contributed by atoms with E-state index in [1.165, 1.54) is 7.05 Å². The van der Waals surface area contributed by atoms with Gasteiger partial charge >= 0.3 is 5.97 Å². The summed E-state index contributed by atoms with van der Waals surface area (Å²) in [6.45, 7) is 1.87. The minimum atomic E-state index is -1.15. The summed E-state index contributed by atoms with van der Waals surface area (Å²) in [6.07, 6.45) is 1.75. The molecule has 1 unspecified atom stereocenters. The van der Waals surface area contributed by atoms with E-state index in [0.29, 0.717) is 0 Å². The van der Waals surface area contributed by atoms with E-state index < -0.39 is 17.9 Å². The molecule has 1 rings (SSSR count). The number of hydrogen-bond donors (Lipinski definition) is 3. The highest BCUT2D eigenvalue weighted by Gasteiger charge is 2.27. The van der Waals surface area contributed by atoms with Crippen LogP contribution in [0.4, 0.5) is 0 Å². The Kier molecular flexibility index (Phi) is 4.70. The summed E-state index contributed by atoms with van der Waals surface area (Å²) >= 11 is 0. The fourth-order valence-electron chi connectivity index (χ4n) is 1.80. The molecule has 3 N–H and O–H groups in total. The molecule has 92 valence electrons. The number of carbonyl (C=O) groups excluding carboxylic acids is 1. The smallest absolute Gasteiger partial charge is 0.330 e. The Bertz CT molecular complexity index is 262. The molecule has 16 heavy (non-hydrogen) atoms. The van der Waals surface area contributed by atoms with Gasteiger partial charge in [0, 0.05) is 6.04 Å². The normalized spacial score (nSPS) is 20.4. The van der Waals surface area contributed by atoms with E-state index in [2.05, 4.69) is 15.5 Å². The van der Waals surface area contributed by atoms with Gasteiger partial charge in [0.25, 0.3) is 0 Å². The number of likely N-dealkylation sites (tertiary alicyclic amines) is 1. The first-order valence-corrected chi connectivity index (χ1v) is 5.43. The first-order valence-electron chi connectivity index (χ1n) is 5.43. The van der Waals surface area contributed by atoms with Crippen LogP contribution >= 0.6 is 0 Å². The molecule has 1 aliphatic rings. The molecule has 0 bridgehead atoms. The zero-order valence-electron chi connectivity index (χ0n) is 9.69. The molecule has 0 aromatic carbocycles. The Morgan fingerprint density at radius 2 is 1.94 bits per heavy atom. The van der Waals surface area contributed by atoms with Gasteiger partial charge in [-0.05, 0) is 40.0 Å². The molecule has 0 spiro atoms. The maximum Gasteiger partial charge on any atom is 0.330 e. The molecule has 1 amide bonds. The average molecular weight is 229 g/mol. The van der Waals surface area contributed by atoms with Gasteiger partial charge in [0.1, 0.15) is 0 Å². The van der Waals surface area contributed by atoms with E-state index in [4.69, 9.17) is 5.11 Å². The molecular formula is C10H19N3O3. The molecule has 0 aliphatic carbocycles. The highest BCUT2D eigenvalue weighted by molar-refractivity contribution is 6.01. The Morgan fingerprint density at radius 1 is 1.38 bits per heavy atom. The van der Waals surface area contributed by atoms with Crippen LogP contribution in [-0.4, -0.2) is 61.2 Å². The van der Waals surface area contributed by atoms with Crippen LogP contribution < -0.4 is 10.6 Å². The standard InChI is InChI=1S/C10H19N3O3/c1-11-8(10(15)16)9(14)12-7-3-5-13(2)6-4-7/h7-8,11H,3-6H2,1-2H3,(H,12,14)(H,15,16). The van der Waals surface area contributed by atoms with Gasteiger partial charge in [-0.2, -0.15) is 0 Å². The van der Waals surface area contributed by atoms with Gasteiger partial charge in [-0.1, -0.05) is 0 Å². The summed E-state index contributed by atoms with van der Waals surface area (Å²) in [5, 5.41) is 14.0. The molecular weight excluding hydrogens is 210 g/mol. The lowest BCUT2D eigenvalue weighted by Crippen LogP contribution is -2.52. The predicted molar refractivity (Wildman–Crippen MR) is 59.1 cm³/mol. The number of aliphatic carboxylic acids is 1. The SMILES string of the molecule is CNC(C(=O)O)C(=O)NC1CCN(C)CC1. The quantitative estimate of drug-likeness (QED) is 0.531. The summed E-state index contributed by atoms with van der Waals surface area (Å²) in [5.74, 6) is -1.60. The molecule has 0 aromatic heterocycles. The topological polar surface area (TPSA) is 81.7 Å². The average Bonchev–Trinajstić information content (AvgIpc) is 2.22. The Labute approximate surface area is 95.0 Å². The van der Waals surface area contributed by atoms with Crippen LogP contribution in [-0.2, 0) is 9.59 Å². The first-order chi connectivity index (χ1) is 7.54. The van der Waals surface area contributed by atoms with E-state index in [1.54, 1.807) is 0 Å². The fourth-order valence-corrected chi connectivity index (χ4v) is 1.80. The summed E-state index contributed by atoms with van der Waals surface area (Å²) in [4.78, 5) is 24.5. The number of nitrogens with zero attached hydrogens (tertiary/aromatic N) is 1. The van der Waals surface area contributed by atoms with Crippen molar-refractivity contribution in [1.82, 2.24) is 15.5 Å². The van der Waals surface area contributed by atoms with Gasteiger partial charge in [-0.25, -0.2) is 4.79 Å². The van der Waals surface area contributed by atoms with Crippen molar-refractivity contribution in [2.75, 3.05) is 27.2 Å². The van der Waals surface area contributed by atoms with Gasteiger partial charge in [-0.15, -0.1) is 0 Å². The second-order valence-electron chi connectivity index (χ2n) is 4.15. The highest BCUT2D eigenvalue weighted by atomic mass is 16.4. The summed E-state index contributed by atoms with van der Waals surface area (Å²) in [7, 11) is 3.50. The second kappa shape index (κ2) is 5.81. The van der Waals surface area contributed by atoms with Crippen molar-refractivity contribution in [2.24, 2.45) is 0 Å². The Morgan fingerprint density at radius 3 is 2.38 bits per heavy atom. The van der Waals surface area contributed by atoms with Crippen molar-refractivity contribution in [3.63, 3.8) is 0 Å². The van der Waals surface area contributed by atoms with Crippen molar-refractivity contribution >= 4 is 11.9 Å². The van der Waals surface area contributed by atoms with Crippen molar-refractivity contribution < 1.29 is 14.7 Å². The third kappa shape index (κ3) is 3.46. The molecule has 1 saturated heterocycles. The van der Waals surface area contributed by atoms with Gasteiger partial charge in [0.15, 0.2) is 6.04 Å². The van der Waals surface area contributed by atoms with Crippen LogP contribution in [0.25, 0.3) is 0 Å². The minimum Gasteiger partial charge on any atom is -0.480 e. The van der Waals surface area contributed by atoms with Gasteiger partial charge in [0.05, 0.1) is 0 Å². The number of carboxylic acids is 1. The maximum absolute atomic E-state index is 11.6. The molecule has 1 heterocycles. The Hall–Kier alpha value is -1.14. The number of hydrogen-bond acceptors (Lipinski definition) is 4. The van der Waals surface area contributed by atoms with E-state index >= 15 is 0 Å². The maximum atomic E-state index is 11.6. The van der Waals surface area contributed by atoms with Crippen LogP contribution in [0.3, 0.4) is 0 Å². The van der Waals surface area contributed by atoms with Gasteiger partial charge in [-0.3, -0.25) is 10.1 Å². The van der Waals surface area contributed by atoms with E-state index in [0.717, 1.165) is 25.9 Å². The van der Waals surface area contributed by atoms with Crippen LogP contribution in [0, 0.1) is 0 Å². The first kappa shape index (κ1) is 12.9. The second-order valence-corrected chi connectivity index (χ2v) is 4.15. The molecule has 1 fully saturated rings. The highest BCUT2D eigenvalue weighted by Crippen LogP contribution is 2.08. The van der Waals surface area contributed by atoms with Gasteiger partial charge in [0.2, 0.25) is 5.91 Å². The third-order valence-electron chi connectivity index (χ3n) is 2.86. The fraction of sp³-hybridized carbons (Fsp3) is 0.800. The number of nitrogens with one attached hydrogen (secondary N) is 2. The lowest BCUT2D eigenvalue weighted by Gasteiger charge is -2.30. The molecule has 0 aromatic rings.